The van der Waals surface area contributed by atoms with E-state index in [4.69, 9.17) is 14.5 Å². The Kier molecular flexibility index (Phi) is 7.30. The van der Waals surface area contributed by atoms with Crippen molar-refractivity contribution in [3.63, 3.8) is 0 Å². The lowest BCUT2D eigenvalue weighted by Crippen LogP contribution is -2.21. The van der Waals surface area contributed by atoms with Gasteiger partial charge in [-0.2, -0.15) is 5.10 Å². The van der Waals surface area contributed by atoms with Gasteiger partial charge in [-0.25, -0.2) is 4.98 Å². The Morgan fingerprint density at radius 2 is 1.65 bits per heavy atom. The Balaban J connectivity index is 1.77. The van der Waals surface area contributed by atoms with E-state index in [1.165, 1.54) is 12.8 Å². The van der Waals surface area contributed by atoms with E-state index in [2.05, 4.69) is 53.1 Å². The van der Waals surface area contributed by atoms with Crippen LogP contribution in [-0.2, 0) is 7.05 Å². The number of benzene rings is 2. The first-order valence-electron chi connectivity index (χ1n) is 11.8. The minimum absolute atomic E-state index is 0.674. The van der Waals surface area contributed by atoms with Crippen LogP contribution in [0.25, 0.3) is 22.3 Å². The molecule has 34 heavy (non-hydrogen) atoms. The lowest BCUT2D eigenvalue weighted by molar-refractivity contribution is 0.394. The largest absolute Gasteiger partial charge is 0.497 e. The molecule has 0 spiro atoms. The van der Waals surface area contributed by atoms with E-state index in [1.54, 1.807) is 25.1 Å². The normalized spacial score (nSPS) is 11.2. The molecule has 0 aliphatic carbocycles. The molecule has 2 aromatic heterocycles. The van der Waals surface area contributed by atoms with E-state index in [-0.39, 0.29) is 0 Å². The summed E-state index contributed by atoms with van der Waals surface area (Å²) < 4.78 is 12.9. The van der Waals surface area contributed by atoms with Gasteiger partial charge < -0.3 is 14.4 Å². The summed E-state index contributed by atoms with van der Waals surface area (Å²) in [7, 11) is 5.26. The molecule has 4 rings (SSSR count). The van der Waals surface area contributed by atoms with Crippen LogP contribution >= 0.6 is 0 Å². The summed E-state index contributed by atoms with van der Waals surface area (Å²) in [5, 5.41) is 4.27. The second-order valence-corrected chi connectivity index (χ2v) is 8.52. The number of ether oxygens (including phenoxy) is 2. The van der Waals surface area contributed by atoms with Crippen LogP contribution < -0.4 is 14.4 Å². The molecule has 4 aromatic rings. The van der Waals surface area contributed by atoms with Crippen molar-refractivity contribution in [1.29, 1.82) is 0 Å². The van der Waals surface area contributed by atoms with E-state index < -0.39 is 0 Å². The number of hydrogen-bond donors (Lipinski definition) is 0. The molecule has 178 valence electrons. The van der Waals surface area contributed by atoms with E-state index in [1.807, 2.05) is 31.6 Å². The van der Waals surface area contributed by atoms with Crippen LogP contribution in [0.15, 0.2) is 55.0 Å². The quantitative estimate of drug-likeness (QED) is 0.289. The third-order valence-corrected chi connectivity index (χ3v) is 6.40. The van der Waals surface area contributed by atoms with E-state index >= 15 is 0 Å². The Bertz CT molecular complexity index is 1230. The Labute approximate surface area is 201 Å². The van der Waals surface area contributed by atoms with Gasteiger partial charge in [0.05, 0.1) is 43.3 Å². The SMILES string of the molecule is CCC(CC)CCN(c1cc(OC)cc(OC)c1)c1ccc2ncc(-c3cnn(C)c3)nc2c1. The van der Waals surface area contributed by atoms with Crippen LogP contribution in [0.1, 0.15) is 33.1 Å². The van der Waals surface area contributed by atoms with E-state index in [0.29, 0.717) is 5.92 Å². The van der Waals surface area contributed by atoms with Crippen molar-refractivity contribution in [2.24, 2.45) is 13.0 Å². The maximum absolute atomic E-state index is 5.55. The van der Waals surface area contributed by atoms with Gasteiger partial charge in [-0.3, -0.25) is 9.67 Å². The van der Waals surface area contributed by atoms with Gasteiger partial charge in [0.15, 0.2) is 0 Å². The van der Waals surface area contributed by atoms with Gasteiger partial charge in [-0.05, 0) is 30.5 Å². The zero-order valence-electron chi connectivity index (χ0n) is 20.7. The minimum Gasteiger partial charge on any atom is -0.497 e. The molecule has 2 heterocycles. The molecule has 7 heteroatoms. The van der Waals surface area contributed by atoms with Gasteiger partial charge >= 0.3 is 0 Å². The van der Waals surface area contributed by atoms with Crippen LogP contribution in [-0.4, -0.2) is 40.5 Å². The van der Waals surface area contributed by atoms with Crippen molar-refractivity contribution in [1.82, 2.24) is 19.7 Å². The molecule has 0 aliphatic rings. The molecule has 0 aliphatic heterocycles. The molecular formula is C27H33N5O2. The fourth-order valence-electron chi connectivity index (χ4n) is 4.22. The van der Waals surface area contributed by atoms with Crippen molar-refractivity contribution in [3.05, 3.63) is 55.0 Å². The molecule has 2 aromatic carbocycles. The van der Waals surface area contributed by atoms with Crippen molar-refractivity contribution in [2.45, 2.75) is 33.1 Å². The number of nitrogens with zero attached hydrogens (tertiary/aromatic N) is 5. The zero-order chi connectivity index (χ0) is 24.1. The molecule has 0 atom stereocenters. The predicted molar refractivity (Wildman–Crippen MR) is 137 cm³/mol. The third kappa shape index (κ3) is 5.14. The first-order valence-corrected chi connectivity index (χ1v) is 11.8. The second-order valence-electron chi connectivity index (χ2n) is 8.52. The molecule has 7 nitrogen and oxygen atoms in total. The van der Waals surface area contributed by atoms with Crippen molar-refractivity contribution < 1.29 is 9.47 Å². The fraction of sp³-hybridized carbons (Fsp3) is 0.370. The predicted octanol–water partition coefficient (Wildman–Crippen LogP) is 6.01. The van der Waals surface area contributed by atoms with Crippen LogP contribution in [0.4, 0.5) is 11.4 Å². The number of anilines is 2. The first-order chi connectivity index (χ1) is 16.5. The second kappa shape index (κ2) is 10.5. The molecule has 0 radical (unpaired) electrons. The monoisotopic (exact) mass is 459 g/mol. The number of fused-ring (bicyclic) bond motifs is 1. The average Bonchev–Trinajstić information content (AvgIpc) is 3.32. The Hall–Kier alpha value is -3.61. The highest BCUT2D eigenvalue weighted by atomic mass is 16.5. The summed E-state index contributed by atoms with van der Waals surface area (Å²) >= 11 is 0. The molecule has 0 fully saturated rings. The van der Waals surface area contributed by atoms with Crippen LogP contribution in [0.2, 0.25) is 0 Å². The lowest BCUT2D eigenvalue weighted by Gasteiger charge is -2.28. The maximum atomic E-state index is 5.55. The number of aromatic nitrogens is 4. The van der Waals surface area contributed by atoms with Gasteiger partial charge in [-0.15, -0.1) is 0 Å². The van der Waals surface area contributed by atoms with E-state index in [9.17, 15) is 0 Å². The Morgan fingerprint density at radius 3 is 2.26 bits per heavy atom. The summed E-state index contributed by atoms with van der Waals surface area (Å²) in [5.41, 5.74) is 5.56. The number of aryl methyl sites for hydroxylation is 1. The Morgan fingerprint density at radius 1 is 0.912 bits per heavy atom. The molecule has 0 saturated carbocycles. The third-order valence-electron chi connectivity index (χ3n) is 6.40. The minimum atomic E-state index is 0.674. The van der Waals surface area contributed by atoms with Crippen LogP contribution in [0, 0.1) is 5.92 Å². The van der Waals surface area contributed by atoms with Crippen LogP contribution in [0.5, 0.6) is 11.5 Å². The molecule has 0 N–H and O–H groups in total. The van der Waals surface area contributed by atoms with Gasteiger partial charge in [-0.1, -0.05) is 26.7 Å². The highest BCUT2D eigenvalue weighted by Gasteiger charge is 2.16. The molecule has 0 saturated heterocycles. The van der Waals surface area contributed by atoms with Gasteiger partial charge in [0, 0.05) is 54.9 Å². The summed E-state index contributed by atoms with van der Waals surface area (Å²) in [6.45, 7) is 5.40. The maximum Gasteiger partial charge on any atom is 0.124 e. The van der Waals surface area contributed by atoms with E-state index in [0.717, 1.165) is 58.1 Å². The number of hydrogen-bond acceptors (Lipinski definition) is 6. The lowest BCUT2D eigenvalue weighted by atomic mass is 9.99. The molecule has 0 amide bonds. The highest BCUT2D eigenvalue weighted by molar-refractivity contribution is 5.82. The molecule has 0 unspecified atom stereocenters. The summed E-state index contributed by atoms with van der Waals surface area (Å²) in [5.74, 6) is 2.20. The summed E-state index contributed by atoms with van der Waals surface area (Å²) in [6.07, 6.45) is 8.99. The van der Waals surface area contributed by atoms with Gasteiger partial charge in [0.2, 0.25) is 0 Å². The molecular weight excluding hydrogens is 426 g/mol. The van der Waals surface area contributed by atoms with Crippen molar-refractivity contribution >= 4 is 22.4 Å². The fourth-order valence-corrected chi connectivity index (χ4v) is 4.22. The highest BCUT2D eigenvalue weighted by Crippen LogP contribution is 2.35. The standard InChI is InChI=1S/C27H33N5O2/c1-6-19(7-2)10-11-32(22-12-23(33-4)15-24(13-22)34-5)21-8-9-25-26(14-21)30-27(17-28-25)20-16-29-31(3)18-20/h8-9,12-19H,6-7,10-11H2,1-5H3. The van der Waals surface area contributed by atoms with Gasteiger partial charge in [0.25, 0.3) is 0 Å². The first kappa shape index (κ1) is 23.5. The molecule has 0 bridgehead atoms. The van der Waals surface area contributed by atoms with Gasteiger partial charge in [0.1, 0.15) is 11.5 Å². The average molecular weight is 460 g/mol. The number of rotatable bonds is 10. The zero-order valence-corrected chi connectivity index (χ0v) is 20.7. The van der Waals surface area contributed by atoms with Crippen molar-refractivity contribution in [3.8, 4) is 22.8 Å². The smallest absolute Gasteiger partial charge is 0.124 e. The summed E-state index contributed by atoms with van der Waals surface area (Å²) in [6, 6.07) is 12.3. The van der Waals surface area contributed by atoms with Crippen molar-refractivity contribution in [2.75, 3.05) is 25.7 Å². The topological polar surface area (TPSA) is 65.3 Å². The van der Waals surface area contributed by atoms with Crippen LogP contribution in [0.3, 0.4) is 0 Å². The number of methoxy groups -OCH3 is 2. The summed E-state index contributed by atoms with van der Waals surface area (Å²) in [4.78, 5) is 11.9.